The minimum atomic E-state index is -2.20. The van der Waals surface area contributed by atoms with Crippen molar-refractivity contribution in [2.45, 2.75) is 39.5 Å². The molecule has 4 rings (SSSR count). The fourth-order valence-electron chi connectivity index (χ4n) is 4.15. The summed E-state index contributed by atoms with van der Waals surface area (Å²) in [6, 6.07) is 32.5. The molecule has 38 heavy (non-hydrogen) atoms. The van der Waals surface area contributed by atoms with E-state index in [1.165, 1.54) is 0 Å². The Labute approximate surface area is 226 Å². The van der Waals surface area contributed by atoms with Gasteiger partial charge in [-0.25, -0.2) is 0 Å². The Hall–Kier alpha value is -3.79. The molecular formula is C32H33O5P. The number of carboxylic acid groups (broad SMARTS) is 1. The predicted molar refractivity (Wildman–Crippen MR) is 149 cm³/mol. The second-order valence-electron chi connectivity index (χ2n) is 9.18. The highest BCUT2D eigenvalue weighted by molar-refractivity contribution is 7.41. The van der Waals surface area contributed by atoms with Crippen molar-refractivity contribution in [2.75, 3.05) is 7.11 Å². The highest BCUT2D eigenvalue weighted by atomic mass is 31.1. The molecule has 1 unspecified atom stereocenters. The summed E-state index contributed by atoms with van der Waals surface area (Å²) >= 11 is 0. The van der Waals surface area contributed by atoms with Gasteiger partial charge < -0.3 is 14.6 Å². The van der Waals surface area contributed by atoms with Crippen molar-refractivity contribution in [3.8, 4) is 5.75 Å². The van der Waals surface area contributed by atoms with Gasteiger partial charge in [0.05, 0.1) is 7.11 Å². The van der Waals surface area contributed by atoms with Crippen LogP contribution in [-0.2, 0) is 25.6 Å². The number of carbonyl (C=O) groups is 1. The van der Waals surface area contributed by atoms with Gasteiger partial charge in [0.1, 0.15) is 12.4 Å². The van der Waals surface area contributed by atoms with Crippen molar-refractivity contribution in [3.63, 3.8) is 0 Å². The first-order valence-electron chi connectivity index (χ1n) is 12.3. The third-order valence-electron chi connectivity index (χ3n) is 6.19. The minimum Gasteiger partial charge on any atom is -0.550 e. The van der Waals surface area contributed by atoms with E-state index in [2.05, 4.69) is 93.6 Å². The number of rotatable bonds is 8. The molecule has 1 atom stereocenters. The van der Waals surface area contributed by atoms with Crippen LogP contribution in [0.15, 0.2) is 97.1 Å². The molecular weight excluding hydrogens is 495 g/mol. The zero-order valence-electron chi connectivity index (χ0n) is 22.4. The van der Waals surface area contributed by atoms with Crippen LogP contribution in [0.3, 0.4) is 0 Å². The maximum absolute atomic E-state index is 14.3. The number of aryl methyl sites for hydroxylation is 3. The maximum atomic E-state index is 14.3. The van der Waals surface area contributed by atoms with E-state index in [4.69, 9.17) is 19.2 Å². The van der Waals surface area contributed by atoms with Crippen LogP contribution in [0, 0.1) is 20.8 Å². The Balaban J connectivity index is 0.000000934. The van der Waals surface area contributed by atoms with Gasteiger partial charge in [0.25, 0.3) is 5.16 Å². The Morgan fingerprint density at radius 1 is 0.711 bits per heavy atom. The first kappa shape index (κ1) is 28.8. The van der Waals surface area contributed by atoms with Crippen molar-refractivity contribution < 1.29 is 23.7 Å². The van der Waals surface area contributed by atoms with Crippen LogP contribution in [0.4, 0.5) is 0 Å². The van der Waals surface area contributed by atoms with E-state index in [9.17, 15) is 4.57 Å². The highest BCUT2D eigenvalue weighted by Crippen LogP contribution is 2.57. The van der Waals surface area contributed by atoms with E-state index in [1.807, 2.05) is 24.3 Å². The molecule has 0 aromatic heterocycles. The number of ether oxygens (including phenoxy) is 1. The van der Waals surface area contributed by atoms with Gasteiger partial charge in [-0.2, -0.15) is 0 Å². The average molecular weight is 529 g/mol. The van der Waals surface area contributed by atoms with Crippen molar-refractivity contribution in [1.29, 1.82) is 0 Å². The molecule has 0 aliphatic rings. The fourth-order valence-corrected chi connectivity index (χ4v) is 5.69. The first-order valence-corrected chi connectivity index (χ1v) is 13.5. The summed E-state index contributed by atoms with van der Waals surface area (Å²) in [6.07, 6.45) is 0. The van der Waals surface area contributed by atoms with Crippen molar-refractivity contribution >= 4 is 14.0 Å². The summed E-state index contributed by atoms with van der Waals surface area (Å²) in [5.74, 6) is -0.304. The summed E-state index contributed by atoms with van der Waals surface area (Å²) in [5.41, 5.74) is 7.24. The summed E-state index contributed by atoms with van der Waals surface area (Å²) in [7, 11) is -0.562. The monoisotopic (exact) mass is 528 g/mol. The lowest BCUT2D eigenvalue weighted by molar-refractivity contribution is -0.302. The molecule has 0 saturated heterocycles. The van der Waals surface area contributed by atoms with Gasteiger partial charge >= 0.3 is 8.03 Å². The number of carboxylic acids is 1. The zero-order valence-corrected chi connectivity index (χ0v) is 23.3. The number of hydrogen-bond donors (Lipinski definition) is 0. The molecule has 0 aliphatic heterocycles. The van der Waals surface area contributed by atoms with E-state index in [0.29, 0.717) is 0 Å². The topological polar surface area (TPSA) is 75.7 Å². The van der Waals surface area contributed by atoms with Gasteiger partial charge in [-0.1, -0.05) is 102 Å². The van der Waals surface area contributed by atoms with Crippen molar-refractivity contribution in [2.24, 2.45) is 0 Å². The second-order valence-corrected chi connectivity index (χ2v) is 10.6. The highest BCUT2D eigenvalue weighted by Gasteiger charge is 2.56. The Kier molecular flexibility index (Phi) is 9.95. The third-order valence-corrected chi connectivity index (χ3v) is 7.88. The van der Waals surface area contributed by atoms with Gasteiger partial charge in [-0.15, -0.1) is 4.52 Å². The van der Waals surface area contributed by atoms with E-state index in [-0.39, 0.29) is 6.61 Å². The normalized spacial score (nSPS) is 11.2. The maximum Gasteiger partial charge on any atom is 0.529 e. The zero-order chi connectivity index (χ0) is 27.7. The summed E-state index contributed by atoms with van der Waals surface area (Å²) in [4.78, 5) is 8.89. The number of methoxy groups -OCH3 is 1. The van der Waals surface area contributed by atoms with E-state index in [1.54, 1.807) is 7.11 Å². The molecule has 0 fully saturated rings. The standard InChI is InChI=1S/C30H30O3P.C2H4O2/c1-22-5-13-26(14-6-22)30(27-15-7-23(2)8-16-27,28-17-9-24(3)10-18-28)34(31)33-21-25-11-19-29(32-4)20-12-25;1-2(3)4/h5-20H,21H2,1-4H3;1H3,(H,3,4)/q+1;/p-1. The molecule has 0 saturated carbocycles. The molecule has 5 nitrogen and oxygen atoms in total. The van der Waals surface area contributed by atoms with Gasteiger partial charge in [0, 0.05) is 22.7 Å². The Morgan fingerprint density at radius 3 is 1.37 bits per heavy atom. The van der Waals surface area contributed by atoms with Crippen molar-refractivity contribution in [3.05, 3.63) is 136 Å². The first-order chi connectivity index (χ1) is 18.2. The van der Waals surface area contributed by atoms with Crippen LogP contribution in [0.1, 0.15) is 45.9 Å². The summed E-state index contributed by atoms with van der Waals surface area (Å²) in [5, 5.41) is 7.94. The third kappa shape index (κ3) is 6.95. The SMILES string of the molecule is CC(=O)[O-].COc1ccc(CO[P+](=O)C(c2ccc(C)cc2)(c2ccc(C)cc2)c2ccc(C)cc2)cc1. The molecule has 0 aliphatic carbocycles. The lowest BCUT2D eigenvalue weighted by atomic mass is 9.83. The molecule has 6 heteroatoms. The lowest BCUT2D eigenvalue weighted by Gasteiger charge is -2.25. The molecule has 4 aromatic rings. The van der Waals surface area contributed by atoms with Gasteiger partial charge in [-0.05, 0) is 50.0 Å². The summed E-state index contributed by atoms with van der Waals surface area (Å²) in [6.45, 7) is 7.39. The number of carbonyl (C=O) groups excluding carboxylic acids is 1. The van der Waals surface area contributed by atoms with Crippen LogP contribution < -0.4 is 9.84 Å². The number of aliphatic carboxylic acids is 1. The fraction of sp³-hybridized carbons (Fsp3) is 0.219. The van der Waals surface area contributed by atoms with Crippen molar-refractivity contribution in [1.82, 2.24) is 0 Å². The molecule has 0 bridgehead atoms. The van der Waals surface area contributed by atoms with Crippen LogP contribution in [0.5, 0.6) is 5.75 Å². The van der Waals surface area contributed by atoms with Gasteiger partial charge in [0.2, 0.25) is 0 Å². The number of hydrogen-bond acceptors (Lipinski definition) is 5. The van der Waals surface area contributed by atoms with Gasteiger partial charge in [-0.3, -0.25) is 0 Å². The van der Waals surface area contributed by atoms with E-state index >= 15 is 0 Å². The van der Waals surface area contributed by atoms with Crippen LogP contribution >= 0.6 is 8.03 Å². The van der Waals surface area contributed by atoms with Gasteiger partial charge in [0.15, 0.2) is 0 Å². The molecule has 0 amide bonds. The minimum absolute atomic E-state index is 0.241. The Morgan fingerprint density at radius 2 is 1.05 bits per heavy atom. The summed E-state index contributed by atoms with van der Waals surface area (Å²) < 4.78 is 25.8. The number of benzene rings is 4. The molecule has 0 heterocycles. The molecule has 4 aromatic carbocycles. The second kappa shape index (κ2) is 13.1. The molecule has 0 spiro atoms. The smallest absolute Gasteiger partial charge is 0.529 e. The average Bonchev–Trinajstić information content (AvgIpc) is 2.90. The van der Waals surface area contributed by atoms with Crippen LogP contribution in [0.25, 0.3) is 0 Å². The Bertz CT molecular complexity index is 1230. The molecule has 0 radical (unpaired) electrons. The van der Waals surface area contributed by atoms with E-state index in [0.717, 1.165) is 51.6 Å². The molecule has 196 valence electrons. The predicted octanol–water partition coefficient (Wildman–Crippen LogP) is 6.63. The van der Waals surface area contributed by atoms with Crippen LogP contribution in [-0.4, -0.2) is 13.1 Å². The quantitative estimate of drug-likeness (QED) is 0.190. The van der Waals surface area contributed by atoms with Crippen LogP contribution in [0.2, 0.25) is 0 Å². The molecule has 0 N–H and O–H groups in total. The largest absolute Gasteiger partial charge is 0.550 e. The van der Waals surface area contributed by atoms with E-state index < -0.39 is 19.2 Å². The lowest BCUT2D eigenvalue weighted by Crippen LogP contribution is -2.26.